The first-order chi connectivity index (χ1) is 16.9. The van der Waals surface area contributed by atoms with Gasteiger partial charge in [0.05, 0.1) is 5.69 Å². The van der Waals surface area contributed by atoms with Gasteiger partial charge < -0.3 is 16.4 Å². The van der Waals surface area contributed by atoms with Gasteiger partial charge in [-0.15, -0.1) is 0 Å². The maximum Gasteiger partial charge on any atom is 0.273 e. The molecule has 2 aliphatic carbocycles. The highest BCUT2D eigenvalue weighted by molar-refractivity contribution is 7.09. The normalized spacial score (nSPS) is 17.1. The van der Waals surface area contributed by atoms with Crippen LogP contribution in [0.2, 0.25) is 0 Å². The topological polar surface area (TPSA) is 117 Å². The summed E-state index contributed by atoms with van der Waals surface area (Å²) in [7, 11) is 0. The first-order valence-corrected chi connectivity index (χ1v) is 13.4. The van der Waals surface area contributed by atoms with Crippen molar-refractivity contribution in [3.63, 3.8) is 0 Å². The standard InChI is InChI=1S/C26H35N5O3S/c1-17-9-8-14-20(15-17)31(16-21(32)28-18-10-4-2-5-11-18)26(34)24-22(27)23(30-35-24)25(33)29-19-12-6-3-7-13-19/h8-9,14-15,18-19H,2-7,10-13,16,27H2,1H3,(H,28,32)(H,29,33). The van der Waals surface area contributed by atoms with E-state index in [0.29, 0.717) is 5.69 Å². The summed E-state index contributed by atoms with van der Waals surface area (Å²) < 4.78 is 4.23. The highest BCUT2D eigenvalue weighted by Gasteiger charge is 2.29. The Morgan fingerprint density at radius 3 is 2.26 bits per heavy atom. The molecule has 2 fully saturated rings. The van der Waals surface area contributed by atoms with Crippen molar-refractivity contribution in [3.8, 4) is 0 Å². The molecule has 0 spiro atoms. The summed E-state index contributed by atoms with van der Waals surface area (Å²) in [5.41, 5.74) is 8.00. The van der Waals surface area contributed by atoms with Crippen LogP contribution in [0.3, 0.4) is 0 Å². The minimum absolute atomic E-state index is 0.0682. The van der Waals surface area contributed by atoms with Gasteiger partial charge in [0.2, 0.25) is 5.91 Å². The van der Waals surface area contributed by atoms with Gasteiger partial charge in [-0.05, 0) is 61.8 Å². The Bertz CT molecular complexity index is 1060. The molecule has 0 atom stereocenters. The fourth-order valence-electron chi connectivity index (χ4n) is 4.98. The second kappa shape index (κ2) is 11.7. The highest BCUT2D eigenvalue weighted by atomic mass is 32.1. The molecule has 9 heteroatoms. The van der Waals surface area contributed by atoms with Crippen LogP contribution in [-0.4, -0.2) is 40.7 Å². The zero-order valence-electron chi connectivity index (χ0n) is 20.3. The van der Waals surface area contributed by atoms with E-state index in [-0.39, 0.29) is 46.7 Å². The minimum atomic E-state index is -0.430. The molecule has 0 radical (unpaired) electrons. The van der Waals surface area contributed by atoms with Gasteiger partial charge in [-0.2, -0.15) is 4.37 Å². The Labute approximate surface area is 210 Å². The van der Waals surface area contributed by atoms with E-state index in [4.69, 9.17) is 5.73 Å². The van der Waals surface area contributed by atoms with Gasteiger partial charge in [0.25, 0.3) is 11.8 Å². The lowest BCUT2D eigenvalue weighted by Gasteiger charge is -2.26. The van der Waals surface area contributed by atoms with Gasteiger partial charge in [0, 0.05) is 17.8 Å². The van der Waals surface area contributed by atoms with Gasteiger partial charge in [-0.1, -0.05) is 50.7 Å². The smallest absolute Gasteiger partial charge is 0.273 e. The number of nitrogens with one attached hydrogen (secondary N) is 2. The molecule has 1 aromatic heterocycles. The second-order valence-corrected chi connectivity index (χ2v) is 10.5. The van der Waals surface area contributed by atoms with Crippen LogP contribution < -0.4 is 21.3 Å². The monoisotopic (exact) mass is 497 g/mol. The number of nitrogens with two attached hydrogens (primary N) is 1. The zero-order valence-corrected chi connectivity index (χ0v) is 21.2. The number of aromatic nitrogens is 1. The fraction of sp³-hybridized carbons (Fsp3) is 0.538. The lowest BCUT2D eigenvalue weighted by atomic mass is 9.95. The van der Waals surface area contributed by atoms with Gasteiger partial charge >= 0.3 is 0 Å². The van der Waals surface area contributed by atoms with Crippen molar-refractivity contribution in [1.82, 2.24) is 15.0 Å². The summed E-state index contributed by atoms with van der Waals surface area (Å²) >= 11 is 0.906. The Balaban J connectivity index is 1.52. The summed E-state index contributed by atoms with van der Waals surface area (Å²) in [5, 5.41) is 6.09. The van der Waals surface area contributed by atoms with Crippen molar-refractivity contribution in [3.05, 3.63) is 40.4 Å². The van der Waals surface area contributed by atoms with E-state index < -0.39 is 5.91 Å². The molecular formula is C26H35N5O3S. The number of aryl methyl sites for hydroxylation is 1. The largest absolute Gasteiger partial charge is 0.395 e. The van der Waals surface area contributed by atoms with Crippen LogP contribution in [-0.2, 0) is 4.79 Å². The number of amides is 3. The van der Waals surface area contributed by atoms with Crippen molar-refractivity contribution in [1.29, 1.82) is 0 Å². The van der Waals surface area contributed by atoms with E-state index in [1.807, 2.05) is 25.1 Å². The van der Waals surface area contributed by atoms with Crippen molar-refractivity contribution in [2.24, 2.45) is 0 Å². The molecule has 188 valence electrons. The molecule has 0 saturated heterocycles. The molecule has 4 N–H and O–H groups in total. The second-order valence-electron chi connectivity index (χ2n) is 9.72. The van der Waals surface area contributed by atoms with Crippen molar-refractivity contribution in [2.45, 2.75) is 83.2 Å². The molecule has 3 amide bonds. The Kier molecular flexibility index (Phi) is 8.38. The summed E-state index contributed by atoms with van der Waals surface area (Å²) in [6.45, 7) is 1.81. The Morgan fingerprint density at radius 1 is 1.00 bits per heavy atom. The predicted octanol–water partition coefficient (Wildman–Crippen LogP) is 4.19. The third-order valence-electron chi connectivity index (χ3n) is 6.91. The molecule has 2 aliphatic rings. The van der Waals surface area contributed by atoms with Crippen LogP contribution in [0.5, 0.6) is 0 Å². The van der Waals surface area contributed by atoms with Gasteiger partial charge in [-0.3, -0.25) is 19.3 Å². The number of nitrogens with zero attached hydrogens (tertiary/aromatic N) is 2. The molecule has 4 rings (SSSR count). The molecule has 8 nitrogen and oxygen atoms in total. The number of carbonyl (C=O) groups is 3. The predicted molar refractivity (Wildman–Crippen MR) is 139 cm³/mol. The van der Waals surface area contributed by atoms with Crippen LogP contribution in [0, 0.1) is 6.92 Å². The van der Waals surface area contributed by atoms with E-state index >= 15 is 0 Å². The molecule has 35 heavy (non-hydrogen) atoms. The third-order valence-corrected chi connectivity index (χ3v) is 7.76. The summed E-state index contributed by atoms with van der Waals surface area (Å²) in [6, 6.07) is 7.71. The fourth-order valence-corrected chi connectivity index (χ4v) is 5.73. The van der Waals surface area contributed by atoms with Gasteiger partial charge in [0.15, 0.2) is 5.69 Å². The first-order valence-electron chi connectivity index (χ1n) is 12.7. The number of nitrogen functional groups attached to an aromatic ring is 1. The van der Waals surface area contributed by atoms with Crippen LogP contribution in [0.25, 0.3) is 0 Å². The number of rotatable bonds is 7. The van der Waals surface area contributed by atoms with Gasteiger partial charge in [0.1, 0.15) is 11.4 Å². The van der Waals surface area contributed by atoms with Gasteiger partial charge in [-0.25, -0.2) is 0 Å². The lowest BCUT2D eigenvalue weighted by molar-refractivity contribution is -0.120. The molecule has 2 aromatic rings. The van der Waals surface area contributed by atoms with Crippen molar-refractivity contribution < 1.29 is 14.4 Å². The van der Waals surface area contributed by atoms with Crippen LogP contribution >= 0.6 is 11.5 Å². The van der Waals surface area contributed by atoms with Crippen LogP contribution in [0.15, 0.2) is 24.3 Å². The van der Waals surface area contributed by atoms with Crippen LogP contribution in [0.1, 0.15) is 89.9 Å². The minimum Gasteiger partial charge on any atom is -0.395 e. The average Bonchev–Trinajstić information content (AvgIpc) is 3.24. The van der Waals surface area contributed by atoms with E-state index in [0.717, 1.165) is 68.5 Å². The lowest BCUT2D eigenvalue weighted by Crippen LogP contribution is -2.45. The first kappa shape index (κ1) is 25.2. The molecule has 1 aromatic carbocycles. The third kappa shape index (κ3) is 6.39. The number of hydrogen-bond donors (Lipinski definition) is 3. The maximum atomic E-state index is 13.6. The number of hydrogen-bond acceptors (Lipinski definition) is 6. The zero-order chi connectivity index (χ0) is 24.8. The number of anilines is 2. The quantitative estimate of drug-likeness (QED) is 0.530. The SMILES string of the molecule is Cc1cccc(N(CC(=O)NC2CCCCC2)C(=O)c2snc(C(=O)NC3CCCCC3)c2N)c1. The highest BCUT2D eigenvalue weighted by Crippen LogP contribution is 2.27. The maximum absolute atomic E-state index is 13.6. The number of benzene rings is 1. The molecule has 1 heterocycles. The van der Waals surface area contributed by atoms with E-state index in [1.54, 1.807) is 6.07 Å². The van der Waals surface area contributed by atoms with Crippen LogP contribution in [0.4, 0.5) is 11.4 Å². The van der Waals surface area contributed by atoms with E-state index in [2.05, 4.69) is 15.0 Å². The summed E-state index contributed by atoms with van der Waals surface area (Å²) in [6.07, 6.45) is 10.6. The molecule has 2 saturated carbocycles. The van der Waals surface area contributed by atoms with Crippen molar-refractivity contribution >= 4 is 40.6 Å². The van der Waals surface area contributed by atoms with E-state index in [9.17, 15) is 14.4 Å². The van der Waals surface area contributed by atoms with E-state index in [1.165, 1.54) is 17.7 Å². The summed E-state index contributed by atoms with van der Waals surface area (Å²) in [4.78, 5) is 41.0. The molecule has 0 unspecified atom stereocenters. The average molecular weight is 498 g/mol. The molecule has 0 bridgehead atoms. The number of carbonyl (C=O) groups excluding carboxylic acids is 3. The summed E-state index contributed by atoms with van der Waals surface area (Å²) in [5.74, 6) is -0.979. The molecular weight excluding hydrogens is 462 g/mol. The molecule has 0 aliphatic heterocycles. The Morgan fingerprint density at radius 2 is 1.63 bits per heavy atom. The Hall–Kier alpha value is -2.94. The van der Waals surface area contributed by atoms with Crippen molar-refractivity contribution in [2.75, 3.05) is 17.2 Å².